The van der Waals surface area contributed by atoms with Crippen molar-refractivity contribution in [3.05, 3.63) is 48.0 Å². The Kier molecular flexibility index (Phi) is 5.53. The molecule has 0 saturated heterocycles. The zero-order valence-corrected chi connectivity index (χ0v) is 13.0. The number of rotatable bonds is 6. The van der Waals surface area contributed by atoms with Gasteiger partial charge in [-0.05, 0) is 36.2 Å². The molecule has 2 rings (SSSR count). The number of benzene rings is 2. The minimum atomic E-state index is -0.482. The number of hydrogen-bond acceptors (Lipinski definition) is 3. The van der Waals surface area contributed by atoms with Crippen LogP contribution in [0.25, 0.3) is 10.8 Å². The Morgan fingerprint density at radius 3 is 2.59 bits per heavy atom. The summed E-state index contributed by atoms with van der Waals surface area (Å²) >= 11 is 0. The lowest BCUT2D eigenvalue weighted by Crippen LogP contribution is -2.35. The average molecular weight is 299 g/mol. The summed E-state index contributed by atoms with van der Waals surface area (Å²) in [6, 6.07) is 13.2. The SMILES string of the molecule is CCC[C@@H](C)NC(=O)COC(=O)c1ccc2ccccc2c1. The third-order valence-corrected chi connectivity index (χ3v) is 3.45. The van der Waals surface area contributed by atoms with Gasteiger partial charge in [-0.25, -0.2) is 4.79 Å². The van der Waals surface area contributed by atoms with Crippen molar-refractivity contribution in [3.8, 4) is 0 Å². The Morgan fingerprint density at radius 1 is 1.14 bits per heavy atom. The van der Waals surface area contributed by atoms with E-state index in [0.717, 1.165) is 23.6 Å². The van der Waals surface area contributed by atoms with Crippen LogP contribution in [0.1, 0.15) is 37.0 Å². The molecule has 0 aliphatic heterocycles. The van der Waals surface area contributed by atoms with E-state index in [1.54, 1.807) is 12.1 Å². The topological polar surface area (TPSA) is 55.4 Å². The summed E-state index contributed by atoms with van der Waals surface area (Å²) in [5.41, 5.74) is 0.452. The average Bonchev–Trinajstić information content (AvgIpc) is 2.52. The third-order valence-electron chi connectivity index (χ3n) is 3.45. The third kappa shape index (κ3) is 4.32. The molecule has 0 spiro atoms. The van der Waals surface area contributed by atoms with Crippen molar-refractivity contribution in [1.29, 1.82) is 0 Å². The van der Waals surface area contributed by atoms with Gasteiger partial charge in [-0.1, -0.05) is 43.7 Å². The predicted octanol–water partition coefficient (Wildman–Crippen LogP) is 3.30. The van der Waals surface area contributed by atoms with Gasteiger partial charge in [0.25, 0.3) is 5.91 Å². The van der Waals surface area contributed by atoms with Gasteiger partial charge in [-0.2, -0.15) is 0 Å². The molecule has 0 bridgehead atoms. The van der Waals surface area contributed by atoms with Crippen LogP contribution in [0.15, 0.2) is 42.5 Å². The van der Waals surface area contributed by atoms with E-state index in [1.807, 2.05) is 37.3 Å². The Balaban J connectivity index is 1.92. The van der Waals surface area contributed by atoms with Crippen molar-refractivity contribution in [2.45, 2.75) is 32.7 Å². The first-order valence-corrected chi connectivity index (χ1v) is 7.55. The van der Waals surface area contributed by atoms with Crippen LogP contribution in [-0.4, -0.2) is 24.5 Å². The van der Waals surface area contributed by atoms with Crippen molar-refractivity contribution >= 4 is 22.6 Å². The van der Waals surface area contributed by atoms with Crippen LogP contribution >= 0.6 is 0 Å². The molecular formula is C18H21NO3. The lowest BCUT2D eigenvalue weighted by Gasteiger charge is -2.12. The van der Waals surface area contributed by atoms with Crippen LogP contribution in [0.2, 0.25) is 0 Å². The van der Waals surface area contributed by atoms with Crippen LogP contribution < -0.4 is 5.32 Å². The molecule has 0 aromatic heterocycles. The summed E-state index contributed by atoms with van der Waals surface area (Å²) in [6.45, 7) is 3.74. The minimum Gasteiger partial charge on any atom is -0.452 e. The van der Waals surface area contributed by atoms with Crippen molar-refractivity contribution in [1.82, 2.24) is 5.32 Å². The molecule has 2 aromatic carbocycles. The van der Waals surface area contributed by atoms with E-state index < -0.39 is 5.97 Å². The summed E-state index contributed by atoms with van der Waals surface area (Å²) < 4.78 is 5.07. The number of hydrogen-bond donors (Lipinski definition) is 1. The smallest absolute Gasteiger partial charge is 0.338 e. The fraction of sp³-hybridized carbons (Fsp3) is 0.333. The Hall–Kier alpha value is -2.36. The fourth-order valence-corrected chi connectivity index (χ4v) is 2.35. The molecule has 1 N–H and O–H groups in total. The maximum atomic E-state index is 12.0. The normalized spacial score (nSPS) is 11.9. The number of ether oxygens (including phenoxy) is 1. The fourth-order valence-electron chi connectivity index (χ4n) is 2.35. The molecule has 4 heteroatoms. The molecular weight excluding hydrogens is 278 g/mol. The molecule has 0 saturated carbocycles. The van der Waals surface area contributed by atoms with Crippen LogP contribution in [-0.2, 0) is 9.53 Å². The van der Waals surface area contributed by atoms with E-state index in [1.165, 1.54) is 0 Å². The van der Waals surface area contributed by atoms with Gasteiger partial charge < -0.3 is 10.1 Å². The number of nitrogens with one attached hydrogen (secondary N) is 1. The highest BCUT2D eigenvalue weighted by Gasteiger charge is 2.12. The van der Waals surface area contributed by atoms with Gasteiger partial charge in [0.15, 0.2) is 6.61 Å². The van der Waals surface area contributed by atoms with Crippen molar-refractivity contribution in [2.24, 2.45) is 0 Å². The number of esters is 1. The highest BCUT2D eigenvalue weighted by molar-refractivity contribution is 5.96. The van der Waals surface area contributed by atoms with Crippen LogP contribution in [0.5, 0.6) is 0 Å². The Bertz CT molecular complexity index is 666. The molecule has 116 valence electrons. The Morgan fingerprint density at radius 2 is 1.86 bits per heavy atom. The van der Waals surface area contributed by atoms with E-state index in [-0.39, 0.29) is 18.6 Å². The molecule has 22 heavy (non-hydrogen) atoms. The maximum absolute atomic E-state index is 12.0. The summed E-state index contributed by atoms with van der Waals surface area (Å²) in [5, 5.41) is 4.83. The zero-order chi connectivity index (χ0) is 15.9. The molecule has 0 aliphatic carbocycles. The van der Waals surface area contributed by atoms with E-state index in [2.05, 4.69) is 12.2 Å². The maximum Gasteiger partial charge on any atom is 0.338 e. The van der Waals surface area contributed by atoms with E-state index in [9.17, 15) is 9.59 Å². The second-order valence-corrected chi connectivity index (χ2v) is 5.40. The second-order valence-electron chi connectivity index (χ2n) is 5.40. The van der Waals surface area contributed by atoms with Gasteiger partial charge in [-0.15, -0.1) is 0 Å². The van der Waals surface area contributed by atoms with Crippen LogP contribution in [0.3, 0.4) is 0 Å². The first kappa shape index (κ1) is 16.0. The lowest BCUT2D eigenvalue weighted by molar-refractivity contribution is -0.124. The van der Waals surface area contributed by atoms with Gasteiger partial charge >= 0.3 is 5.97 Å². The highest BCUT2D eigenvalue weighted by atomic mass is 16.5. The molecule has 0 heterocycles. The van der Waals surface area contributed by atoms with Crippen molar-refractivity contribution < 1.29 is 14.3 Å². The number of amides is 1. The van der Waals surface area contributed by atoms with E-state index in [4.69, 9.17) is 4.74 Å². The van der Waals surface area contributed by atoms with E-state index in [0.29, 0.717) is 5.56 Å². The van der Waals surface area contributed by atoms with E-state index >= 15 is 0 Å². The number of carbonyl (C=O) groups is 2. The largest absolute Gasteiger partial charge is 0.452 e. The first-order valence-electron chi connectivity index (χ1n) is 7.55. The Labute approximate surface area is 130 Å². The summed E-state index contributed by atoms with van der Waals surface area (Å²) in [6.07, 6.45) is 1.91. The lowest BCUT2D eigenvalue weighted by atomic mass is 10.1. The number of fused-ring (bicyclic) bond motifs is 1. The molecule has 1 atom stereocenters. The minimum absolute atomic E-state index is 0.0943. The number of carbonyl (C=O) groups excluding carboxylic acids is 2. The van der Waals surface area contributed by atoms with Gasteiger partial charge in [0.1, 0.15) is 0 Å². The summed E-state index contributed by atoms with van der Waals surface area (Å²) in [4.78, 5) is 23.7. The molecule has 0 aliphatic rings. The molecule has 0 radical (unpaired) electrons. The van der Waals surface area contributed by atoms with Crippen LogP contribution in [0, 0.1) is 0 Å². The molecule has 4 nitrogen and oxygen atoms in total. The van der Waals surface area contributed by atoms with Crippen molar-refractivity contribution in [3.63, 3.8) is 0 Å². The summed E-state index contributed by atoms with van der Waals surface area (Å²) in [7, 11) is 0. The quantitative estimate of drug-likeness (QED) is 0.833. The predicted molar refractivity (Wildman–Crippen MR) is 86.7 cm³/mol. The zero-order valence-electron chi connectivity index (χ0n) is 13.0. The first-order chi connectivity index (χ1) is 10.6. The van der Waals surface area contributed by atoms with Gasteiger partial charge in [0, 0.05) is 6.04 Å². The standard InChI is InChI=1S/C18H21NO3/c1-3-6-13(2)19-17(20)12-22-18(21)16-10-9-14-7-4-5-8-15(14)11-16/h4-5,7-11,13H,3,6,12H2,1-2H3,(H,19,20)/t13-/m1/s1. The van der Waals surface area contributed by atoms with Gasteiger partial charge in [0.2, 0.25) is 0 Å². The monoisotopic (exact) mass is 299 g/mol. The van der Waals surface area contributed by atoms with Crippen LogP contribution in [0.4, 0.5) is 0 Å². The molecule has 0 unspecified atom stereocenters. The van der Waals surface area contributed by atoms with Crippen molar-refractivity contribution in [2.75, 3.05) is 6.61 Å². The van der Waals surface area contributed by atoms with Gasteiger partial charge in [-0.3, -0.25) is 4.79 Å². The highest BCUT2D eigenvalue weighted by Crippen LogP contribution is 2.16. The molecule has 2 aromatic rings. The van der Waals surface area contributed by atoms with Gasteiger partial charge in [0.05, 0.1) is 5.56 Å². The molecule has 0 fully saturated rings. The second kappa shape index (κ2) is 7.59. The molecule has 1 amide bonds. The summed E-state index contributed by atoms with van der Waals surface area (Å²) in [5.74, 6) is -0.751.